The van der Waals surface area contributed by atoms with E-state index in [1.165, 1.54) is 6.07 Å². The van der Waals surface area contributed by atoms with Crippen molar-refractivity contribution >= 4 is 17.8 Å². The van der Waals surface area contributed by atoms with Crippen LogP contribution in [-0.2, 0) is 25.2 Å². The lowest BCUT2D eigenvalue weighted by Gasteiger charge is -2.21. The highest BCUT2D eigenvalue weighted by Gasteiger charge is 2.35. The molecule has 0 saturated heterocycles. The minimum absolute atomic E-state index is 0.179. The van der Waals surface area contributed by atoms with Gasteiger partial charge in [0, 0.05) is 6.42 Å². The van der Waals surface area contributed by atoms with Gasteiger partial charge in [0.25, 0.3) is 5.91 Å². The number of carbonyl (C=O) groups is 3. The molecule has 150 valence electrons. The van der Waals surface area contributed by atoms with Crippen molar-refractivity contribution in [2.75, 3.05) is 7.11 Å². The van der Waals surface area contributed by atoms with E-state index in [-0.39, 0.29) is 12.8 Å². The van der Waals surface area contributed by atoms with Crippen LogP contribution in [0.2, 0.25) is 0 Å². The molecule has 0 saturated carbocycles. The molecule has 1 N–H and O–H groups in total. The van der Waals surface area contributed by atoms with E-state index in [2.05, 4.69) is 10.1 Å². The van der Waals surface area contributed by atoms with Gasteiger partial charge in [-0.2, -0.15) is 13.2 Å². The zero-order valence-corrected chi connectivity index (χ0v) is 15.5. The van der Waals surface area contributed by atoms with Crippen LogP contribution in [0.4, 0.5) is 13.2 Å². The van der Waals surface area contributed by atoms with Gasteiger partial charge in [0.05, 0.1) is 18.2 Å². The number of hydrogen-bond acceptors (Lipinski definition) is 5. The molecule has 0 aliphatic heterocycles. The molecule has 0 heterocycles. The monoisotopic (exact) mass is 389 g/mol. The lowest BCUT2D eigenvalue weighted by molar-refractivity contribution is -0.155. The van der Waals surface area contributed by atoms with E-state index in [4.69, 9.17) is 4.74 Å². The normalized spacial score (nSPS) is 12.9. The van der Waals surface area contributed by atoms with E-state index in [0.29, 0.717) is 0 Å². The van der Waals surface area contributed by atoms with Crippen LogP contribution in [0.25, 0.3) is 0 Å². The molecule has 0 aliphatic carbocycles. The first-order chi connectivity index (χ1) is 12.3. The van der Waals surface area contributed by atoms with Crippen LogP contribution >= 0.6 is 0 Å². The molecular weight excluding hydrogens is 367 g/mol. The summed E-state index contributed by atoms with van der Waals surface area (Å²) in [5.74, 6) is -2.58. The third-order valence-corrected chi connectivity index (χ3v) is 3.33. The van der Waals surface area contributed by atoms with Gasteiger partial charge in [-0.15, -0.1) is 0 Å². The van der Waals surface area contributed by atoms with Crippen molar-refractivity contribution in [3.63, 3.8) is 0 Å². The van der Waals surface area contributed by atoms with Crippen LogP contribution in [-0.4, -0.2) is 36.6 Å². The number of amides is 1. The number of hydrogen-bond donors (Lipinski definition) is 1. The van der Waals surface area contributed by atoms with Crippen molar-refractivity contribution < 1.29 is 37.0 Å². The van der Waals surface area contributed by atoms with Crippen LogP contribution < -0.4 is 5.32 Å². The zero-order valence-electron chi connectivity index (χ0n) is 15.5. The highest BCUT2D eigenvalue weighted by atomic mass is 19.4. The van der Waals surface area contributed by atoms with Crippen molar-refractivity contribution in [1.82, 2.24) is 5.32 Å². The fourth-order valence-corrected chi connectivity index (χ4v) is 2.21. The van der Waals surface area contributed by atoms with Crippen LogP contribution in [0.3, 0.4) is 0 Å². The summed E-state index contributed by atoms with van der Waals surface area (Å²) in [5.41, 5.74) is -2.48. The summed E-state index contributed by atoms with van der Waals surface area (Å²) >= 11 is 0. The average Bonchev–Trinajstić information content (AvgIpc) is 2.55. The number of methoxy groups -OCH3 is 1. The topological polar surface area (TPSA) is 81.7 Å². The van der Waals surface area contributed by atoms with E-state index in [1.54, 1.807) is 20.8 Å². The maximum absolute atomic E-state index is 13.0. The molecule has 9 heteroatoms. The zero-order chi connectivity index (χ0) is 20.8. The van der Waals surface area contributed by atoms with Crippen LogP contribution in [0.1, 0.15) is 49.5 Å². The molecule has 1 rings (SSSR count). The van der Waals surface area contributed by atoms with Crippen molar-refractivity contribution in [2.45, 2.75) is 51.4 Å². The van der Waals surface area contributed by atoms with Crippen molar-refractivity contribution in [3.8, 4) is 0 Å². The first-order valence-corrected chi connectivity index (χ1v) is 8.12. The van der Waals surface area contributed by atoms with Gasteiger partial charge in [0.1, 0.15) is 11.6 Å². The average molecular weight is 389 g/mol. The second-order valence-corrected chi connectivity index (χ2v) is 6.72. The maximum Gasteiger partial charge on any atom is 0.417 e. The Hall–Kier alpha value is -2.58. The maximum atomic E-state index is 13.0. The number of nitrogens with one attached hydrogen (secondary N) is 1. The molecule has 0 aliphatic rings. The van der Waals surface area contributed by atoms with E-state index in [0.717, 1.165) is 25.3 Å². The minimum Gasteiger partial charge on any atom is -0.467 e. The Morgan fingerprint density at radius 2 is 1.70 bits per heavy atom. The quantitative estimate of drug-likeness (QED) is 0.756. The van der Waals surface area contributed by atoms with Crippen molar-refractivity contribution in [2.24, 2.45) is 0 Å². The highest BCUT2D eigenvalue weighted by molar-refractivity contribution is 5.98. The predicted molar refractivity (Wildman–Crippen MR) is 89.8 cm³/mol. The highest BCUT2D eigenvalue weighted by Crippen LogP contribution is 2.31. The van der Waals surface area contributed by atoms with E-state index >= 15 is 0 Å². The van der Waals surface area contributed by atoms with E-state index in [9.17, 15) is 27.6 Å². The molecule has 0 bridgehead atoms. The molecule has 0 unspecified atom stereocenters. The summed E-state index contributed by atoms with van der Waals surface area (Å²) in [6.45, 7) is 5.00. The van der Waals surface area contributed by atoms with Gasteiger partial charge in [0.2, 0.25) is 0 Å². The summed E-state index contributed by atoms with van der Waals surface area (Å²) in [5, 5.41) is 2.19. The Bertz CT molecular complexity index is 695. The van der Waals surface area contributed by atoms with Crippen LogP contribution in [0.5, 0.6) is 0 Å². The molecule has 1 aromatic carbocycles. The summed E-state index contributed by atoms with van der Waals surface area (Å²) in [6, 6.07) is 2.90. The molecule has 6 nitrogen and oxygen atoms in total. The Kier molecular flexibility index (Phi) is 7.38. The van der Waals surface area contributed by atoms with Gasteiger partial charge in [-0.25, -0.2) is 4.79 Å². The van der Waals surface area contributed by atoms with Gasteiger partial charge in [0.15, 0.2) is 0 Å². The smallest absolute Gasteiger partial charge is 0.417 e. The summed E-state index contributed by atoms with van der Waals surface area (Å²) in [4.78, 5) is 35.9. The summed E-state index contributed by atoms with van der Waals surface area (Å²) in [7, 11) is 1.07. The SMILES string of the molecule is COC(=O)[C@H](CCC(=O)OC(C)(C)C)NC(=O)c1ccccc1C(F)(F)F. The molecule has 27 heavy (non-hydrogen) atoms. The molecule has 0 fully saturated rings. The minimum atomic E-state index is -4.73. The number of rotatable bonds is 6. The van der Waals surface area contributed by atoms with Gasteiger partial charge < -0.3 is 14.8 Å². The van der Waals surface area contributed by atoms with E-state index < -0.39 is 46.8 Å². The summed E-state index contributed by atoms with van der Waals surface area (Å²) < 4.78 is 48.8. The molecule has 1 aromatic rings. The number of halogens is 3. The Balaban J connectivity index is 2.91. The predicted octanol–water partition coefficient (Wildman–Crippen LogP) is 3.10. The lowest BCUT2D eigenvalue weighted by atomic mass is 10.0. The largest absolute Gasteiger partial charge is 0.467 e. The molecule has 0 spiro atoms. The third-order valence-electron chi connectivity index (χ3n) is 3.33. The fraction of sp³-hybridized carbons (Fsp3) is 0.500. The first-order valence-electron chi connectivity index (χ1n) is 8.12. The van der Waals surface area contributed by atoms with Crippen LogP contribution in [0, 0.1) is 0 Å². The van der Waals surface area contributed by atoms with Gasteiger partial charge >= 0.3 is 18.1 Å². The molecule has 1 amide bonds. The van der Waals surface area contributed by atoms with Crippen LogP contribution in [0.15, 0.2) is 24.3 Å². The second kappa shape index (κ2) is 8.88. The summed E-state index contributed by atoms with van der Waals surface area (Å²) in [6.07, 6.45) is -5.13. The van der Waals surface area contributed by atoms with Crippen molar-refractivity contribution in [3.05, 3.63) is 35.4 Å². The molecule has 1 atom stereocenters. The number of benzene rings is 1. The lowest BCUT2D eigenvalue weighted by Crippen LogP contribution is -2.42. The van der Waals surface area contributed by atoms with Crippen molar-refractivity contribution in [1.29, 1.82) is 0 Å². The number of alkyl halides is 3. The van der Waals surface area contributed by atoms with Gasteiger partial charge in [-0.1, -0.05) is 12.1 Å². The number of esters is 2. The fourth-order valence-electron chi connectivity index (χ4n) is 2.21. The van der Waals surface area contributed by atoms with Gasteiger partial charge in [-0.3, -0.25) is 9.59 Å². The second-order valence-electron chi connectivity index (χ2n) is 6.72. The molecule has 0 aromatic heterocycles. The molecule has 0 radical (unpaired) electrons. The number of ether oxygens (including phenoxy) is 2. The third kappa shape index (κ3) is 7.28. The number of carbonyl (C=O) groups excluding carboxylic acids is 3. The first kappa shape index (κ1) is 22.5. The standard InChI is InChI=1S/C18H22F3NO5/c1-17(2,3)27-14(23)10-9-13(16(25)26-4)22-15(24)11-7-5-6-8-12(11)18(19,20)21/h5-8,13H,9-10H2,1-4H3,(H,22,24)/t13-/m0/s1. The Morgan fingerprint density at radius 1 is 1.11 bits per heavy atom. The Labute approximate surface area is 155 Å². The molecular formula is C18H22F3NO5. The Morgan fingerprint density at radius 3 is 2.22 bits per heavy atom. The van der Waals surface area contributed by atoms with E-state index in [1.807, 2.05) is 0 Å². The van der Waals surface area contributed by atoms with Gasteiger partial charge in [-0.05, 0) is 39.3 Å².